The lowest BCUT2D eigenvalue weighted by atomic mass is 10.2. The maximum Gasteiger partial charge on any atom is 0.410 e. The zero-order valence-electron chi connectivity index (χ0n) is 7.63. The summed E-state index contributed by atoms with van der Waals surface area (Å²) in [5.41, 5.74) is -0.408. The monoisotopic (exact) mass is 191 g/mol. The van der Waals surface area contributed by atoms with E-state index in [-0.39, 0.29) is 11.5 Å². The van der Waals surface area contributed by atoms with Gasteiger partial charge in [0.1, 0.15) is 5.60 Å². The first kappa shape index (κ1) is 9.65. The summed E-state index contributed by atoms with van der Waals surface area (Å²) in [4.78, 5) is 12.8. The number of likely N-dealkylation sites (tertiary alicyclic amines) is 1. The van der Waals surface area contributed by atoms with Crippen molar-refractivity contribution in [1.29, 1.82) is 0 Å². The molecule has 0 spiro atoms. The summed E-state index contributed by atoms with van der Waals surface area (Å²) >= 11 is 5.71. The van der Waals surface area contributed by atoms with Crippen molar-refractivity contribution in [2.45, 2.75) is 31.7 Å². The Morgan fingerprint density at radius 2 is 2.00 bits per heavy atom. The van der Waals surface area contributed by atoms with Gasteiger partial charge in [0, 0.05) is 13.1 Å². The van der Waals surface area contributed by atoms with E-state index < -0.39 is 5.60 Å². The molecule has 0 unspecified atom stereocenters. The van der Waals surface area contributed by atoms with Crippen molar-refractivity contribution in [3.63, 3.8) is 0 Å². The van der Waals surface area contributed by atoms with Crippen LogP contribution in [0.4, 0.5) is 4.79 Å². The minimum atomic E-state index is -0.408. The van der Waals surface area contributed by atoms with Crippen molar-refractivity contribution in [3.8, 4) is 0 Å². The topological polar surface area (TPSA) is 29.5 Å². The van der Waals surface area contributed by atoms with Crippen LogP contribution in [0.3, 0.4) is 0 Å². The number of halogens is 1. The number of amides is 1. The van der Waals surface area contributed by atoms with E-state index in [1.54, 1.807) is 4.90 Å². The molecular weight excluding hydrogens is 178 g/mol. The van der Waals surface area contributed by atoms with Gasteiger partial charge in [-0.3, -0.25) is 0 Å². The van der Waals surface area contributed by atoms with Gasteiger partial charge in [-0.25, -0.2) is 4.79 Å². The molecule has 4 heteroatoms. The molecule has 0 aromatic carbocycles. The largest absolute Gasteiger partial charge is 0.444 e. The zero-order valence-corrected chi connectivity index (χ0v) is 8.39. The molecule has 0 aromatic heterocycles. The molecule has 1 heterocycles. The average molecular weight is 192 g/mol. The molecule has 1 saturated heterocycles. The lowest BCUT2D eigenvalue weighted by Crippen LogP contribution is -2.52. The van der Waals surface area contributed by atoms with Gasteiger partial charge in [-0.15, -0.1) is 11.6 Å². The van der Waals surface area contributed by atoms with Crippen LogP contribution in [0.2, 0.25) is 0 Å². The summed E-state index contributed by atoms with van der Waals surface area (Å²) < 4.78 is 5.12. The highest BCUT2D eigenvalue weighted by molar-refractivity contribution is 6.21. The predicted molar refractivity (Wildman–Crippen MR) is 47.4 cm³/mol. The molecule has 0 aliphatic carbocycles. The maximum absolute atomic E-state index is 11.2. The molecule has 0 bridgehead atoms. The molecule has 0 N–H and O–H groups in total. The number of ether oxygens (including phenoxy) is 1. The van der Waals surface area contributed by atoms with E-state index in [0.717, 1.165) is 0 Å². The van der Waals surface area contributed by atoms with Crippen molar-refractivity contribution in [3.05, 3.63) is 0 Å². The van der Waals surface area contributed by atoms with E-state index in [1.807, 2.05) is 20.8 Å². The molecule has 0 aromatic rings. The average Bonchev–Trinajstić information content (AvgIpc) is 1.76. The van der Waals surface area contributed by atoms with E-state index in [4.69, 9.17) is 16.3 Å². The van der Waals surface area contributed by atoms with Crippen LogP contribution < -0.4 is 0 Å². The van der Waals surface area contributed by atoms with E-state index in [2.05, 4.69) is 0 Å². The molecule has 1 aliphatic rings. The summed E-state index contributed by atoms with van der Waals surface area (Å²) in [6.45, 7) is 6.77. The van der Waals surface area contributed by atoms with E-state index >= 15 is 0 Å². The van der Waals surface area contributed by atoms with Gasteiger partial charge >= 0.3 is 6.09 Å². The Kier molecular flexibility index (Phi) is 2.52. The van der Waals surface area contributed by atoms with Crippen LogP contribution in [-0.2, 0) is 4.74 Å². The standard InChI is InChI=1S/C8H14ClNO2/c1-8(2,3)12-7(11)10-4-6(9)5-10/h6H,4-5H2,1-3H3. The van der Waals surface area contributed by atoms with E-state index in [9.17, 15) is 4.79 Å². The second-order valence-corrected chi connectivity index (χ2v) is 4.60. The molecule has 0 radical (unpaired) electrons. The van der Waals surface area contributed by atoms with Crippen LogP contribution in [0.25, 0.3) is 0 Å². The fourth-order valence-corrected chi connectivity index (χ4v) is 1.23. The van der Waals surface area contributed by atoms with E-state index in [0.29, 0.717) is 13.1 Å². The van der Waals surface area contributed by atoms with Crippen LogP contribution in [0.15, 0.2) is 0 Å². The Labute approximate surface area is 77.6 Å². The minimum absolute atomic E-state index is 0.109. The van der Waals surface area contributed by atoms with Crippen LogP contribution >= 0.6 is 11.6 Å². The fraction of sp³-hybridized carbons (Fsp3) is 0.875. The molecular formula is C8H14ClNO2. The predicted octanol–water partition coefficient (Wildman–Crippen LogP) is 1.84. The van der Waals surface area contributed by atoms with Gasteiger partial charge in [0.2, 0.25) is 0 Å². The Hall–Kier alpha value is -0.440. The zero-order chi connectivity index (χ0) is 9.35. The first-order valence-corrected chi connectivity index (χ1v) is 4.44. The van der Waals surface area contributed by atoms with E-state index in [1.165, 1.54) is 0 Å². The van der Waals surface area contributed by atoms with Gasteiger partial charge in [-0.05, 0) is 20.8 Å². The Morgan fingerprint density at radius 1 is 1.50 bits per heavy atom. The van der Waals surface area contributed by atoms with Gasteiger partial charge in [-0.1, -0.05) is 0 Å². The fourth-order valence-electron chi connectivity index (χ4n) is 0.900. The molecule has 3 nitrogen and oxygen atoms in total. The van der Waals surface area contributed by atoms with Crippen LogP contribution in [0.5, 0.6) is 0 Å². The highest BCUT2D eigenvalue weighted by atomic mass is 35.5. The van der Waals surface area contributed by atoms with Crippen molar-refractivity contribution in [2.75, 3.05) is 13.1 Å². The van der Waals surface area contributed by atoms with Crippen LogP contribution in [0.1, 0.15) is 20.8 Å². The Bertz CT molecular complexity index is 182. The van der Waals surface area contributed by atoms with Gasteiger partial charge in [0.15, 0.2) is 0 Å². The molecule has 12 heavy (non-hydrogen) atoms. The number of nitrogens with zero attached hydrogens (tertiary/aromatic N) is 1. The normalized spacial score (nSPS) is 18.8. The Balaban J connectivity index is 2.30. The SMILES string of the molecule is CC(C)(C)OC(=O)N1CC(Cl)C1. The maximum atomic E-state index is 11.2. The summed E-state index contributed by atoms with van der Waals surface area (Å²) in [6, 6.07) is 0. The lowest BCUT2D eigenvalue weighted by molar-refractivity contribution is 0.0139. The molecule has 1 amide bonds. The highest BCUT2D eigenvalue weighted by Gasteiger charge is 2.32. The summed E-state index contributed by atoms with van der Waals surface area (Å²) in [7, 11) is 0. The first-order chi connectivity index (χ1) is 5.38. The third kappa shape index (κ3) is 2.55. The number of rotatable bonds is 0. The first-order valence-electron chi connectivity index (χ1n) is 4.00. The highest BCUT2D eigenvalue weighted by Crippen LogP contribution is 2.17. The molecule has 1 rings (SSSR count). The molecule has 1 fully saturated rings. The Morgan fingerprint density at radius 3 is 2.33 bits per heavy atom. The third-order valence-corrected chi connectivity index (χ3v) is 1.76. The summed E-state index contributed by atoms with van der Waals surface area (Å²) in [5.74, 6) is 0. The van der Waals surface area contributed by atoms with Crippen molar-refractivity contribution in [2.24, 2.45) is 0 Å². The number of alkyl halides is 1. The number of hydrogen-bond donors (Lipinski definition) is 0. The summed E-state index contributed by atoms with van der Waals surface area (Å²) in [5, 5.41) is 0.109. The van der Waals surface area contributed by atoms with Crippen LogP contribution in [0, 0.1) is 0 Å². The third-order valence-electron chi connectivity index (χ3n) is 1.49. The van der Waals surface area contributed by atoms with Crippen molar-refractivity contribution < 1.29 is 9.53 Å². The molecule has 0 saturated carbocycles. The smallest absolute Gasteiger partial charge is 0.410 e. The van der Waals surface area contributed by atoms with Gasteiger partial charge in [0.05, 0.1) is 5.38 Å². The van der Waals surface area contributed by atoms with Gasteiger partial charge in [0.25, 0.3) is 0 Å². The quantitative estimate of drug-likeness (QED) is 0.547. The second kappa shape index (κ2) is 3.13. The number of carbonyl (C=O) groups is 1. The van der Waals surface area contributed by atoms with Gasteiger partial charge in [-0.2, -0.15) is 0 Å². The van der Waals surface area contributed by atoms with Crippen molar-refractivity contribution >= 4 is 17.7 Å². The van der Waals surface area contributed by atoms with Crippen molar-refractivity contribution in [1.82, 2.24) is 4.90 Å². The van der Waals surface area contributed by atoms with Gasteiger partial charge < -0.3 is 9.64 Å². The minimum Gasteiger partial charge on any atom is -0.444 e. The molecule has 1 aliphatic heterocycles. The number of carbonyl (C=O) groups excluding carboxylic acids is 1. The molecule has 70 valence electrons. The van der Waals surface area contributed by atoms with Crippen LogP contribution in [-0.4, -0.2) is 35.1 Å². The second-order valence-electron chi connectivity index (χ2n) is 3.98. The lowest BCUT2D eigenvalue weighted by Gasteiger charge is -2.36. The number of hydrogen-bond acceptors (Lipinski definition) is 2. The summed E-state index contributed by atoms with van der Waals surface area (Å²) in [6.07, 6.45) is -0.264. The molecule has 0 atom stereocenters.